The fraction of sp³-hybridized carbons (Fsp3) is 0.308. The van der Waals surface area contributed by atoms with Crippen LogP contribution in [0.4, 0.5) is 0 Å². The molecule has 1 heterocycles. The summed E-state index contributed by atoms with van der Waals surface area (Å²) >= 11 is 0. The highest BCUT2D eigenvalue weighted by Gasteiger charge is 2.32. The summed E-state index contributed by atoms with van der Waals surface area (Å²) in [6.45, 7) is -0.293. The number of aliphatic carboxylic acids is 1. The van der Waals surface area contributed by atoms with Gasteiger partial charge in [-0.05, 0) is 11.6 Å². The number of nitrogens with zero attached hydrogens (tertiary/aromatic N) is 1. The minimum Gasteiger partial charge on any atom is -0.481 e. The summed E-state index contributed by atoms with van der Waals surface area (Å²) in [6, 6.07) is 6.75. The molecule has 0 saturated carbocycles. The first-order chi connectivity index (χ1) is 8.99. The third-order valence-corrected chi connectivity index (χ3v) is 2.94. The predicted octanol–water partition coefficient (Wildman–Crippen LogP) is 0.0471. The van der Waals surface area contributed by atoms with Crippen LogP contribution in [0.25, 0.3) is 0 Å². The van der Waals surface area contributed by atoms with E-state index < -0.39 is 30.3 Å². The van der Waals surface area contributed by atoms with Crippen LogP contribution in [0.1, 0.15) is 22.3 Å². The highest BCUT2D eigenvalue weighted by Crippen LogP contribution is 2.19. The van der Waals surface area contributed by atoms with Crippen LogP contribution in [-0.2, 0) is 16.0 Å². The molecule has 1 aliphatic heterocycles. The molecule has 0 aliphatic carbocycles. The second-order valence-corrected chi connectivity index (χ2v) is 4.40. The SMILES string of the molecule is O=C(O)CC(O)CN1C(=O)Cc2ccccc2C1=O. The molecule has 19 heavy (non-hydrogen) atoms. The summed E-state index contributed by atoms with van der Waals surface area (Å²) in [7, 11) is 0. The van der Waals surface area contributed by atoms with E-state index in [9.17, 15) is 19.5 Å². The van der Waals surface area contributed by atoms with E-state index in [1.807, 2.05) is 0 Å². The number of rotatable bonds is 4. The molecule has 0 aromatic heterocycles. The Hall–Kier alpha value is -2.21. The maximum Gasteiger partial charge on any atom is 0.306 e. The van der Waals surface area contributed by atoms with Crippen molar-refractivity contribution >= 4 is 17.8 Å². The number of imide groups is 1. The van der Waals surface area contributed by atoms with Crippen LogP contribution in [0.5, 0.6) is 0 Å². The summed E-state index contributed by atoms with van der Waals surface area (Å²) in [6.07, 6.45) is -1.67. The standard InChI is InChI=1S/C13H13NO5/c15-9(6-12(17)18)7-14-11(16)5-8-3-1-2-4-10(8)13(14)19/h1-4,9,15H,5-7H2,(H,17,18). The zero-order valence-electron chi connectivity index (χ0n) is 10.1. The molecule has 1 aromatic carbocycles. The van der Waals surface area contributed by atoms with Gasteiger partial charge >= 0.3 is 5.97 Å². The second kappa shape index (κ2) is 5.19. The molecule has 2 rings (SSSR count). The lowest BCUT2D eigenvalue weighted by Gasteiger charge is -2.28. The molecule has 0 spiro atoms. The minimum atomic E-state index is -1.25. The van der Waals surface area contributed by atoms with Crippen LogP contribution >= 0.6 is 0 Å². The molecular formula is C13H13NO5. The summed E-state index contributed by atoms with van der Waals surface area (Å²) in [5, 5.41) is 18.1. The van der Waals surface area contributed by atoms with Crippen LogP contribution in [0.2, 0.25) is 0 Å². The van der Waals surface area contributed by atoms with E-state index in [4.69, 9.17) is 5.11 Å². The van der Waals surface area contributed by atoms with Gasteiger partial charge < -0.3 is 10.2 Å². The van der Waals surface area contributed by atoms with Crippen molar-refractivity contribution in [2.75, 3.05) is 6.54 Å². The Morgan fingerprint density at radius 1 is 1.32 bits per heavy atom. The molecule has 2 amide bonds. The fourth-order valence-electron chi connectivity index (χ4n) is 2.06. The number of carboxylic acid groups (broad SMARTS) is 1. The number of β-amino-alcohol motifs (C(OH)–C–C–N with tert-alkyl or cyclic N) is 1. The molecule has 6 heteroatoms. The van der Waals surface area contributed by atoms with Gasteiger partial charge in [0.25, 0.3) is 5.91 Å². The second-order valence-electron chi connectivity index (χ2n) is 4.40. The van der Waals surface area contributed by atoms with E-state index in [1.54, 1.807) is 24.3 Å². The maximum absolute atomic E-state index is 12.1. The van der Waals surface area contributed by atoms with Gasteiger partial charge in [0, 0.05) is 5.56 Å². The van der Waals surface area contributed by atoms with Crippen molar-refractivity contribution in [1.29, 1.82) is 0 Å². The van der Waals surface area contributed by atoms with E-state index >= 15 is 0 Å². The summed E-state index contributed by atoms with van der Waals surface area (Å²) in [5.74, 6) is -2.09. The van der Waals surface area contributed by atoms with E-state index in [0.29, 0.717) is 11.1 Å². The number of carboxylic acids is 1. The Balaban J connectivity index is 2.17. The average Bonchev–Trinajstić information content (AvgIpc) is 2.33. The van der Waals surface area contributed by atoms with Crippen LogP contribution in [0, 0.1) is 0 Å². The first-order valence-electron chi connectivity index (χ1n) is 5.81. The highest BCUT2D eigenvalue weighted by atomic mass is 16.4. The first-order valence-corrected chi connectivity index (χ1v) is 5.81. The largest absolute Gasteiger partial charge is 0.481 e. The van der Waals surface area contributed by atoms with Gasteiger partial charge in [-0.15, -0.1) is 0 Å². The van der Waals surface area contributed by atoms with Crippen molar-refractivity contribution in [2.45, 2.75) is 18.9 Å². The zero-order valence-corrected chi connectivity index (χ0v) is 10.1. The highest BCUT2D eigenvalue weighted by molar-refractivity contribution is 6.09. The van der Waals surface area contributed by atoms with Gasteiger partial charge in [-0.25, -0.2) is 0 Å². The Bertz CT molecular complexity index is 540. The first kappa shape index (κ1) is 13.2. The number of aliphatic hydroxyl groups is 1. The molecule has 1 atom stereocenters. The average molecular weight is 263 g/mol. The normalized spacial score (nSPS) is 16.2. The lowest BCUT2D eigenvalue weighted by molar-refractivity contribution is -0.140. The fourth-order valence-corrected chi connectivity index (χ4v) is 2.06. The van der Waals surface area contributed by atoms with Crippen molar-refractivity contribution in [3.63, 3.8) is 0 Å². The predicted molar refractivity (Wildman–Crippen MR) is 64.4 cm³/mol. The van der Waals surface area contributed by atoms with Gasteiger partial charge in [-0.3, -0.25) is 19.3 Å². The summed E-state index contributed by atoms with van der Waals surface area (Å²) in [4.78, 5) is 35.3. The Labute approximate surface area is 109 Å². The maximum atomic E-state index is 12.1. The van der Waals surface area contributed by atoms with Gasteiger partial charge in [0.15, 0.2) is 0 Å². The third-order valence-electron chi connectivity index (χ3n) is 2.94. The number of carbonyl (C=O) groups is 3. The van der Waals surface area contributed by atoms with E-state index in [1.165, 1.54) is 0 Å². The number of benzene rings is 1. The molecule has 0 bridgehead atoms. The van der Waals surface area contributed by atoms with Gasteiger partial charge in [0.05, 0.1) is 25.5 Å². The van der Waals surface area contributed by atoms with Crippen molar-refractivity contribution in [1.82, 2.24) is 4.90 Å². The Kier molecular flexibility index (Phi) is 3.62. The number of hydrogen-bond donors (Lipinski definition) is 2. The lowest BCUT2D eigenvalue weighted by atomic mass is 9.98. The van der Waals surface area contributed by atoms with E-state index in [2.05, 4.69) is 0 Å². The van der Waals surface area contributed by atoms with Crippen molar-refractivity contribution in [3.8, 4) is 0 Å². The van der Waals surface area contributed by atoms with Crippen LogP contribution < -0.4 is 0 Å². The number of amides is 2. The molecule has 0 fully saturated rings. The zero-order chi connectivity index (χ0) is 14.0. The quantitative estimate of drug-likeness (QED) is 0.748. The lowest BCUT2D eigenvalue weighted by Crippen LogP contribution is -2.46. The molecule has 1 unspecified atom stereocenters. The smallest absolute Gasteiger partial charge is 0.306 e. The molecule has 6 nitrogen and oxygen atoms in total. The van der Waals surface area contributed by atoms with Crippen molar-refractivity contribution < 1.29 is 24.6 Å². The van der Waals surface area contributed by atoms with Crippen LogP contribution in [-0.4, -0.2) is 45.5 Å². The summed E-state index contributed by atoms with van der Waals surface area (Å²) < 4.78 is 0. The summed E-state index contributed by atoms with van der Waals surface area (Å²) in [5.41, 5.74) is 1.08. The topological polar surface area (TPSA) is 94.9 Å². The molecule has 0 saturated heterocycles. The van der Waals surface area contributed by atoms with Gasteiger partial charge in [0.1, 0.15) is 0 Å². The molecule has 100 valence electrons. The van der Waals surface area contributed by atoms with Crippen molar-refractivity contribution in [3.05, 3.63) is 35.4 Å². The third kappa shape index (κ3) is 2.79. The Morgan fingerprint density at radius 2 is 2.00 bits per heavy atom. The van der Waals surface area contributed by atoms with E-state index in [-0.39, 0.29) is 13.0 Å². The van der Waals surface area contributed by atoms with Crippen molar-refractivity contribution in [2.24, 2.45) is 0 Å². The van der Waals surface area contributed by atoms with Crippen LogP contribution in [0.3, 0.4) is 0 Å². The molecule has 2 N–H and O–H groups in total. The molecular weight excluding hydrogens is 250 g/mol. The Morgan fingerprint density at radius 3 is 2.68 bits per heavy atom. The number of carbonyl (C=O) groups excluding carboxylic acids is 2. The van der Waals surface area contributed by atoms with Gasteiger partial charge in [0.2, 0.25) is 5.91 Å². The molecule has 1 aromatic rings. The van der Waals surface area contributed by atoms with Gasteiger partial charge in [-0.1, -0.05) is 18.2 Å². The molecule has 1 aliphatic rings. The van der Waals surface area contributed by atoms with E-state index in [0.717, 1.165) is 4.90 Å². The number of fused-ring (bicyclic) bond motifs is 1. The number of aliphatic hydroxyl groups excluding tert-OH is 1. The molecule has 0 radical (unpaired) electrons. The number of hydrogen-bond acceptors (Lipinski definition) is 4. The minimum absolute atomic E-state index is 0.0850. The van der Waals surface area contributed by atoms with Gasteiger partial charge in [-0.2, -0.15) is 0 Å². The van der Waals surface area contributed by atoms with Crippen LogP contribution in [0.15, 0.2) is 24.3 Å². The monoisotopic (exact) mass is 263 g/mol.